The Balaban J connectivity index is 1.10. The van der Waals surface area contributed by atoms with Crippen LogP contribution in [0.15, 0.2) is 48.7 Å². The number of carbonyl (C=O) groups is 1. The highest BCUT2D eigenvalue weighted by molar-refractivity contribution is 5.97. The number of hydrogen-bond donors (Lipinski definition) is 2. The molecule has 2 N–H and O–H groups in total. The van der Waals surface area contributed by atoms with Gasteiger partial charge in [0.1, 0.15) is 11.6 Å². The van der Waals surface area contributed by atoms with E-state index in [0.717, 1.165) is 79.1 Å². The van der Waals surface area contributed by atoms with Crippen LogP contribution < -0.4 is 5.32 Å². The van der Waals surface area contributed by atoms with Gasteiger partial charge in [0.15, 0.2) is 0 Å². The quantitative estimate of drug-likeness (QED) is 0.282. The van der Waals surface area contributed by atoms with Crippen molar-refractivity contribution in [3.63, 3.8) is 0 Å². The lowest BCUT2D eigenvalue weighted by Gasteiger charge is -2.32. The molecule has 1 unspecified atom stereocenters. The Morgan fingerprint density at radius 3 is 2.56 bits per heavy atom. The van der Waals surface area contributed by atoms with E-state index in [2.05, 4.69) is 28.3 Å². The Labute approximate surface area is 228 Å². The Hall–Kier alpha value is -3.32. The van der Waals surface area contributed by atoms with Gasteiger partial charge in [-0.1, -0.05) is 6.92 Å². The number of nitrogens with zero attached hydrogens (tertiary/aromatic N) is 2. The van der Waals surface area contributed by atoms with Crippen LogP contribution >= 0.6 is 0 Å². The minimum Gasteiger partial charge on any atom is -0.381 e. The zero-order valence-electron chi connectivity index (χ0n) is 22.8. The molecule has 2 fully saturated rings. The Morgan fingerprint density at radius 2 is 1.79 bits per heavy atom. The van der Waals surface area contributed by atoms with Gasteiger partial charge in [0.25, 0.3) is 5.91 Å². The van der Waals surface area contributed by atoms with Gasteiger partial charge in [-0.25, -0.2) is 9.37 Å². The number of fused-ring (bicyclic) bond motifs is 2. The highest BCUT2D eigenvalue weighted by Gasteiger charge is 2.29. The van der Waals surface area contributed by atoms with E-state index in [-0.39, 0.29) is 17.8 Å². The summed E-state index contributed by atoms with van der Waals surface area (Å²) in [6, 6.07) is 12.9. The molecule has 0 saturated heterocycles. The van der Waals surface area contributed by atoms with Crippen molar-refractivity contribution in [3.05, 3.63) is 71.4 Å². The van der Waals surface area contributed by atoms with Crippen LogP contribution in [0.3, 0.4) is 0 Å². The smallest absolute Gasteiger partial charge is 0.251 e. The molecule has 0 bridgehead atoms. The predicted molar refractivity (Wildman–Crippen MR) is 151 cm³/mol. The van der Waals surface area contributed by atoms with Gasteiger partial charge in [-0.2, -0.15) is 0 Å². The summed E-state index contributed by atoms with van der Waals surface area (Å²) in [6.07, 6.45) is 10.4. The number of carbonyl (C=O) groups excluding carboxylic acids is 1. The molecule has 1 atom stereocenters. The van der Waals surface area contributed by atoms with Gasteiger partial charge in [-0.15, -0.1) is 0 Å². The number of aromatic amines is 1. The van der Waals surface area contributed by atoms with Gasteiger partial charge in [0.05, 0.1) is 22.7 Å². The molecule has 2 heterocycles. The molecule has 0 radical (unpaired) electrons. The number of methoxy groups -OCH3 is 1. The molecule has 0 aliphatic heterocycles. The molecule has 6 rings (SSSR count). The summed E-state index contributed by atoms with van der Waals surface area (Å²) in [5.41, 5.74) is 4.54. The number of H-pyrrole nitrogens is 1. The number of rotatable bonds is 6. The molecule has 39 heavy (non-hydrogen) atoms. The number of nitrogens with one attached hydrogen (secondary N) is 2. The maximum absolute atomic E-state index is 14.0. The summed E-state index contributed by atoms with van der Waals surface area (Å²) in [5.74, 6) is 1.98. The van der Waals surface area contributed by atoms with E-state index < -0.39 is 0 Å². The number of pyridine rings is 1. The average Bonchev–Trinajstić information content (AvgIpc) is 3.40. The van der Waals surface area contributed by atoms with Gasteiger partial charge >= 0.3 is 0 Å². The first kappa shape index (κ1) is 25.9. The highest BCUT2D eigenvalue weighted by Crippen LogP contribution is 2.43. The van der Waals surface area contributed by atoms with E-state index in [1.165, 1.54) is 11.6 Å². The van der Waals surface area contributed by atoms with Gasteiger partial charge in [-0.05, 0) is 111 Å². The monoisotopic (exact) mass is 528 g/mol. The minimum atomic E-state index is -0.209. The first-order valence-corrected chi connectivity index (χ1v) is 14.4. The first-order valence-electron chi connectivity index (χ1n) is 14.4. The average molecular weight is 529 g/mol. The lowest BCUT2D eigenvalue weighted by Crippen LogP contribution is -2.38. The maximum Gasteiger partial charge on any atom is 0.251 e. The summed E-state index contributed by atoms with van der Waals surface area (Å²) in [4.78, 5) is 25.8. The Morgan fingerprint density at radius 1 is 1.00 bits per heavy atom. The third-order valence-electron chi connectivity index (χ3n) is 9.19. The van der Waals surface area contributed by atoms with Gasteiger partial charge in [0.2, 0.25) is 0 Å². The second-order valence-electron chi connectivity index (χ2n) is 11.5. The molecule has 4 aromatic rings. The van der Waals surface area contributed by atoms with Crippen molar-refractivity contribution in [1.82, 2.24) is 20.3 Å². The Kier molecular flexibility index (Phi) is 7.34. The van der Waals surface area contributed by atoms with Crippen molar-refractivity contribution < 1.29 is 13.9 Å². The predicted octanol–water partition coefficient (Wildman–Crippen LogP) is 7.02. The molecule has 6 nitrogen and oxygen atoms in total. The van der Waals surface area contributed by atoms with Crippen LogP contribution in [-0.2, 0) is 4.74 Å². The lowest BCUT2D eigenvalue weighted by atomic mass is 9.73. The summed E-state index contributed by atoms with van der Waals surface area (Å²) in [5, 5.41) is 4.14. The van der Waals surface area contributed by atoms with E-state index >= 15 is 0 Å². The first-order chi connectivity index (χ1) is 19.0. The lowest BCUT2D eigenvalue weighted by molar-refractivity contribution is 0.0599. The van der Waals surface area contributed by atoms with Crippen LogP contribution in [0, 0.1) is 11.7 Å². The van der Waals surface area contributed by atoms with E-state index in [1.807, 2.05) is 24.4 Å². The molecule has 2 saturated carbocycles. The van der Waals surface area contributed by atoms with Gasteiger partial charge in [-0.3, -0.25) is 9.78 Å². The highest BCUT2D eigenvalue weighted by atomic mass is 19.1. The normalized spacial score (nSPS) is 24.6. The van der Waals surface area contributed by atoms with E-state index in [4.69, 9.17) is 9.72 Å². The molecule has 2 aliphatic carbocycles. The van der Waals surface area contributed by atoms with Crippen LogP contribution in [0.4, 0.5) is 4.39 Å². The molecule has 2 aromatic carbocycles. The van der Waals surface area contributed by atoms with Crippen molar-refractivity contribution in [2.24, 2.45) is 5.92 Å². The topological polar surface area (TPSA) is 79.9 Å². The number of ether oxygens (including phenoxy) is 1. The van der Waals surface area contributed by atoms with E-state index in [0.29, 0.717) is 29.4 Å². The minimum absolute atomic E-state index is 0.0304. The molecule has 0 spiro atoms. The van der Waals surface area contributed by atoms with Crippen molar-refractivity contribution >= 4 is 27.8 Å². The van der Waals surface area contributed by atoms with Crippen LogP contribution in [0.2, 0.25) is 0 Å². The van der Waals surface area contributed by atoms with Crippen molar-refractivity contribution in [3.8, 4) is 0 Å². The van der Waals surface area contributed by atoms with Crippen LogP contribution in [0.25, 0.3) is 21.9 Å². The second-order valence-corrected chi connectivity index (χ2v) is 11.5. The summed E-state index contributed by atoms with van der Waals surface area (Å²) < 4.78 is 19.4. The second kappa shape index (κ2) is 11.0. The van der Waals surface area contributed by atoms with Crippen LogP contribution in [-0.4, -0.2) is 40.1 Å². The summed E-state index contributed by atoms with van der Waals surface area (Å²) in [7, 11) is 1.76. The summed E-state index contributed by atoms with van der Waals surface area (Å²) in [6.45, 7) is 2.25. The molecule has 1 amide bonds. The van der Waals surface area contributed by atoms with Crippen molar-refractivity contribution in [2.45, 2.75) is 82.3 Å². The number of imidazole rings is 1. The number of benzene rings is 2. The SMILES string of the molecule is COC1CCC(NC(=O)c2ccc3[nH]c(C(C)[C@H]4CC[C@H](c5ccnc6ccc(F)cc65)CC4)nc3c2)CC1. The fourth-order valence-electron chi connectivity index (χ4n) is 6.74. The van der Waals surface area contributed by atoms with E-state index in [9.17, 15) is 9.18 Å². The van der Waals surface area contributed by atoms with Crippen molar-refractivity contribution in [2.75, 3.05) is 7.11 Å². The van der Waals surface area contributed by atoms with Crippen LogP contribution in [0.5, 0.6) is 0 Å². The fourth-order valence-corrected chi connectivity index (χ4v) is 6.74. The molecule has 2 aromatic heterocycles. The van der Waals surface area contributed by atoms with E-state index in [1.54, 1.807) is 19.2 Å². The van der Waals surface area contributed by atoms with Crippen LogP contribution in [0.1, 0.15) is 91.9 Å². The summed E-state index contributed by atoms with van der Waals surface area (Å²) >= 11 is 0. The zero-order valence-corrected chi connectivity index (χ0v) is 22.8. The molecular weight excluding hydrogens is 491 g/mol. The molecular formula is C32H37FN4O2. The van der Waals surface area contributed by atoms with Gasteiger partial charge in [0, 0.05) is 36.2 Å². The number of hydrogen-bond acceptors (Lipinski definition) is 4. The molecule has 204 valence electrons. The Bertz CT molecular complexity index is 1470. The largest absolute Gasteiger partial charge is 0.381 e. The standard InChI is InChI=1S/C32H37FN4O2/c1-19(20-3-5-21(6-4-20)26-15-16-34-28-14-8-23(33)18-27(26)28)31-36-29-13-7-22(17-30(29)37-31)32(38)35-24-9-11-25(39-2)12-10-24/h7-8,13-21,24-25H,3-6,9-12H2,1-2H3,(H,35,38)(H,36,37)/t19?,20-,21-,24?,25?. The third kappa shape index (κ3) is 5.42. The molecule has 2 aliphatic rings. The number of aromatic nitrogens is 3. The number of halogens is 1. The zero-order chi connectivity index (χ0) is 26.9. The molecule has 7 heteroatoms. The number of amides is 1. The fraction of sp³-hybridized carbons (Fsp3) is 0.469. The maximum atomic E-state index is 14.0. The van der Waals surface area contributed by atoms with Gasteiger partial charge < -0.3 is 15.0 Å². The third-order valence-corrected chi connectivity index (χ3v) is 9.19. The van der Waals surface area contributed by atoms with Crippen molar-refractivity contribution in [1.29, 1.82) is 0 Å².